The lowest BCUT2D eigenvalue weighted by atomic mass is 10.1. The third-order valence-corrected chi connectivity index (χ3v) is 5.30. The zero-order valence-corrected chi connectivity index (χ0v) is 17.0. The first-order valence-corrected chi connectivity index (χ1v) is 9.80. The predicted octanol–water partition coefficient (Wildman–Crippen LogP) is -0.502. The van der Waals surface area contributed by atoms with Crippen LogP contribution >= 0.6 is 0 Å². The van der Waals surface area contributed by atoms with Gasteiger partial charge in [0, 0.05) is 5.56 Å². The number of methoxy groups -OCH3 is 2. The second kappa shape index (κ2) is 9.92. The average molecular weight is 396 g/mol. The summed E-state index contributed by atoms with van der Waals surface area (Å²) in [4.78, 5) is 15.1. The first kappa shape index (κ1) is 20.6. The van der Waals surface area contributed by atoms with Gasteiger partial charge in [-0.05, 0) is 30.3 Å². The largest absolute Gasteiger partial charge is 0.493 e. The molecule has 3 rings (SSSR count). The number of ether oxygens (including phenoxy) is 2. The van der Waals surface area contributed by atoms with Gasteiger partial charge in [-0.3, -0.25) is 4.79 Å². The Morgan fingerprint density at radius 1 is 1.03 bits per heavy atom. The minimum Gasteiger partial charge on any atom is -0.493 e. The van der Waals surface area contributed by atoms with Crippen molar-refractivity contribution in [2.75, 3.05) is 52.3 Å². The van der Waals surface area contributed by atoms with Crippen molar-refractivity contribution in [3.8, 4) is 17.6 Å². The highest BCUT2D eigenvalue weighted by molar-refractivity contribution is 5.92. The number of piperazine rings is 1. The van der Waals surface area contributed by atoms with Gasteiger partial charge >= 0.3 is 0 Å². The van der Waals surface area contributed by atoms with Gasteiger partial charge in [0.25, 0.3) is 5.91 Å². The van der Waals surface area contributed by atoms with Gasteiger partial charge in [-0.25, -0.2) is 0 Å². The molecule has 2 aromatic carbocycles. The molecule has 1 amide bonds. The molecule has 1 fully saturated rings. The first-order chi connectivity index (χ1) is 14.1. The third-order valence-electron chi connectivity index (χ3n) is 5.30. The molecule has 0 atom stereocenters. The van der Waals surface area contributed by atoms with E-state index in [-0.39, 0.29) is 5.91 Å². The Bertz CT molecular complexity index is 886. The summed E-state index contributed by atoms with van der Waals surface area (Å²) in [7, 11) is 3.29. The Hall–Kier alpha value is -3.08. The molecule has 7 heteroatoms. The van der Waals surface area contributed by atoms with Crippen LogP contribution in [-0.2, 0) is 11.3 Å². The number of hydrogen-bond acceptors (Lipinski definition) is 4. The summed E-state index contributed by atoms with van der Waals surface area (Å²) in [6, 6.07) is 15.2. The van der Waals surface area contributed by atoms with Crippen LogP contribution in [0.1, 0.15) is 11.1 Å². The minimum absolute atomic E-state index is 0.0500. The summed E-state index contributed by atoms with van der Waals surface area (Å²) in [5.74, 6) is 1.44. The number of amides is 1. The van der Waals surface area contributed by atoms with Crippen molar-refractivity contribution < 1.29 is 24.1 Å². The van der Waals surface area contributed by atoms with Crippen LogP contribution in [0, 0.1) is 11.3 Å². The average Bonchev–Trinajstić information content (AvgIpc) is 2.75. The molecule has 0 spiro atoms. The number of nitrogens with one attached hydrogen (secondary N) is 3. The van der Waals surface area contributed by atoms with Crippen LogP contribution in [0.5, 0.6) is 11.5 Å². The number of quaternary nitrogens is 2. The quantitative estimate of drug-likeness (QED) is 0.590. The van der Waals surface area contributed by atoms with E-state index in [1.807, 2.05) is 18.2 Å². The molecule has 0 aliphatic carbocycles. The number of rotatable bonds is 7. The number of anilines is 1. The zero-order valence-electron chi connectivity index (χ0n) is 17.0. The van der Waals surface area contributed by atoms with Gasteiger partial charge in [0.05, 0.1) is 25.5 Å². The van der Waals surface area contributed by atoms with Gasteiger partial charge in [-0.15, -0.1) is 0 Å². The van der Waals surface area contributed by atoms with E-state index in [0.29, 0.717) is 17.8 Å². The van der Waals surface area contributed by atoms with Crippen molar-refractivity contribution >= 4 is 11.6 Å². The molecule has 1 aliphatic heterocycles. The number of carbonyl (C=O) groups excluding carboxylic acids is 1. The minimum atomic E-state index is -0.0500. The van der Waals surface area contributed by atoms with Crippen LogP contribution < -0.4 is 24.6 Å². The van der Waals surface area contributed by atoms with E-state index in [1.165, 1.54) is 15.4 Å². The van der Waals surface area contributed by atoms with Gasteiger partial charge in [0.15, 0.2) is 18.0 Å². The van der Waals surface area contributed by atoms with E-state index < -0.39 is 0 Å². The van der Waals surface area contributed by atoms with E-state index in [2.05, 4.69) is 17.5 Å². The maximum Gasteiger partial charge on any atom is 0.279 e. The SMILES string of the molecule is COc1ccc(C[NH+]2CC[NH+](CC(=O)Nc3ccccc3C#N)CC2)cc1OC. The molecule has 1 heterocycles. The lowest BCUT2D eigenvalue weighted by Crippen LogP contribution is -3.28. The van der Waals surface area contributed by atoms with Gasteiger partial charge < -0.3 is 24.6 Å². The molecule has 1 aliphatic rings. The molecule has 0 radical (unpaired) electrons. The Morgan fingerprint density at radius 2 is 1.72 bits per heavy atom. The van der Waals surface area contributed by atoms with Crippen LogP contribution in [0.4, 0.5) is 5.69 Å². The van der Waals surface area contributed by atoms with E-state index in [1.54, 1.807) is 32.4 Å². The maximum absolute atomic E-state index is 12.4. The zero-order chi connectivity index (χ0) is 20.6. The predicted molar refractivity (Wildman–Crippen MR) is 109 cm³/mol. The molecule has 0 unspecified atom stereocenters. The molecular weight excluding hydrogens is 368 g/mol. The van der Waals surface area contributed by atoms with Crippen molar-refractivity contribution in [1.29, 1.82) is 5.26 Å². The van der Waals surface area contributed by atoms with Crippen LogP contribution in [0.25, 0.3) is 0 Å². The van der Waals surface area contributed by atoms with Crippen LogP contribution in [0.2, 0.25) is 0 Å². The summed E-state index contributed by atoms with van der Waals surface area (Å²) in [6.07, 6.45) is 0. The maximum atomic E-state index is 12.4. The Kier molecular flexibility index (Phi) is 7.06. The second-order valence-corrected chi connectivity index (χ2v) is 7.25. The fourth-order valence-corrected chi connectivity index (χ4v) is 3.70. The molecule has 0 aromatic heterocycles. The van der Waals surface area contributed by atoms with E-state index in [0.717, 1.165) is 44.2 Å². The number of benzene rings is 2. The lowest BCUT2D eigenvalue weighted by Gasteiger charge is -2.29. The first-order valence-electron chi connectivity index (χ1n) is 9.80. The molecular formula is C22H28N4O3+2. The molecule has 7 nitrogen and oxygen atoms in total. The summed E-state index contributed by atoms with van der Waals surface area (Å²) in [6.45, 7) is 5.24. The lowest BCUT2D eigenvalue weighted by molar-refractivity contribution is -1.02. The van der Waals surface area contributed by atoms with Crippen molar-refractivity contribution in [2.45, 2.75) is 6.54 Å². The standard InChI is InChI=1S/C22H26N4O3/c1-28-20-8-7-17(13-21(20)29-2)15-25-9-11-26(12-10-25)16-22(27)24-19-6-4-3-5-18(19)14-23/h3-8,13H,9-12,15-16H2,1-2H3,(H,24,27)/p+2. The molecule has 1 saturated heterocycles. The summed E-state index contributed by atoms with van der Waals surface area (Å²) in [5, 5.41) is 12.0. The van der Waals surface area contributed by atoms with Gasteiger partial charge in [-0.2, -0.15) is 5.26 Å². The molecule has 152 valence electrons. The van der Waals surface area contributed by atoms with Crippen molar-refractivity contribution in [1.82, 2.24) is 0 Å². The number of carbonyl (C=O) groups is 1. The highest BCUT2D eigenvalue weighted by Gasteiger charge is 2.25. The fourth-order valence-electron chi connectivity index (χ4n) is 3.70. The topological polar surface area (TPSA) is 80.2 Å². The van der Waals surface area contributed by atoms with Gasteiger partial charge in [0.1, 0.15) is 38.8 Å². The van der Waals surface area contributed by atoms with Gasteiger partial charge in [0.2, 0.25) is 0 Å². The van der Waals surface area contributed by atoms with E-state index in [9.17, 15) is 4.79 Å². The summed E-state index contributed by atoms with van der Waals surface area (Å²) >= 11 is 0. The molecule has 0 saturated carbocycles. The fraction of sp³-hybridized carbons (Fsp3) is 0.364. The number of nitrogens with zero attached hydrogens (tertiary/aromatic N) is 1. The Labute approximate surface area is 171 Å². The third kappa shape index (κ3) is 5.47. The van der Waals surface area contributed by atoms with E-state index >= 15 is 0 Å². The Morgan fingerprint density at radius 3 is 2.41 bits per heavy atom. The smallest absolute Gasteiger partial charge is 0.279 e. The molecule has 2 aromatic rings. The molecule has 0 bridgehead atoms. The molecule has 29 heavy (non-hydrogen) atoms. The number of nitriles is 1. The highest BCUT2D eigenvalue weighted by atomic mass is 16.5. The molecule has 3 N–H and O–H groups in total. The highest BCUT2D eigenvalue weighted by Crippen LogP contribution is 2.27. The van der Waals surface area contributed by atoms with Crippen LogP contribution in [0.3, 0.4) is 0 Å². The van der Waals surface area contributed by atoms with Gasteiger partial charge in [-0.1, -0.05) is 12.1 Å². The number of para-hydroxylation sites is 1. The Balaban J connectivity index is 1.48. The number of hydrogen-bond donors (Lipinski definition) is 3. The van der Waals surface area contributed by atoms with Crippen molar-refractivity contribution in [2.24, 2.45) is 0 Å². The van der Waals surface area contributed by atoms with E-state index in [4.69, 9.17) is 14.7 Å². The summed E-state index contributed by atoms with van der Waals surface area (Å²) < 4.78 is 10.7. The van der Waals surface area contributed by atoms with Crippen molar-refractivity contribution in [3.63, 3.8) is 0 Å². The summed E-state index contributed by atoms with van der Waals surface area (Å²) in [5.41, 5.74) is 2.28. The normalized spacial score (nSPS) is 18.5. The van der Waals surface area contributed by atoms with Crippen LogP contribution in [-0.4, -0.2) is 52.9 Å². The van der Waals surface area contributed by atoms with Crippen molar-refractivity contribution in [3.05, 3.63) is 53.6 Å². The monoisotopic (exact) mass is 396 g/mol. The van der Waals surface area contributed by atoms with Crippen LogP contribution in [0.15, 0.2) is 42.5 Å². The second-order valence-electron chi connectivity index (χ2n) is 7.25.